The zero-order valence-corrected chi connectivity index (χ0v) is 10.8. The van der Waals surface area contributed by atoms with E-state index in [-0.39, 0.29) is 0 Å². The summed E-state index contributed by atoms with van der Waals surface area (Å²) in [5.41, 5.74) is 7.64. The van der Waals surface area contributed by atoms with Crippen molar-refractivity contribution in [3.8, 4) is 0 Å². The van der Waals surface area contributed by atoms with E-state index in [1.54, 1.807) is 0 Å². The lowest BCUT2D eigenvalue weighted by Gasteiger charge is -2.10. The number of hydrogen-bond donors (Lipinski definition) is 1. The van der Waals surface area contributed by atoms with Crippen molar-refractivity contribution >= 4 is 16.9 Å². The molecule has 0 unspecified atom stereocenters. The van der Waals surface area contributed by atoms with Crippen LogP contribution >= 0.6 is 0 Å². The molecule has 2 N–H and O–H groups in total. The number of carbonyl (C=O) groups excluding carboxylic acids is 1. The third-order valence-corrected chi connectivity index (χ3v) is 3.68. The van der Waals surface area contributed by atoms with E-state index in [1.807, 2.05) is 0 Å². The third kappa shape index (κ3) is 2.55. The molecule has 1 amide bonds. The van der Waals surface area contributed by atoms with Crippen LogP contribution in [0.25, 0.3) is 10.8 Å². The number of hydrogen-bond acceptors (Lipinski definition) is 2. The van der Waals surface area contributed by atoms with Gasteiger partial charge >= 0.3 is 6.09 Å². The van der Waals surface area contributed by atoms with Crippen LogP contribution < -0.4 is 5.73 Å². The summed E-state index contributed by atoms with van der Waals surface area (Å²) in [5, 5.41) is 2.60. The van der Waals surface area contributed by atoms with Crippen molar-refractivity contribution in [2.75, 3.05) is 6.61 Å². The van der Waals surface area contributed by atoms with Gasteiger partial charge < -0.3 is 10.5 Å². The Hall–Kier alpha value is -2.03. The minimum absolute atomic E-state index is 0.335. The molecule has 19 heavy (non-hydrogen) atoms. The summed E-state index contributed by atoms with van der Waals surface area (Å²) in [6.07, 6.45) is 2.59. The molecule has 98 valence electrons. The number of benzene rings is 2. The van der Waals surface area contributed by atoms with Crippen molar-refractivity contribution in [2.24, 2.45) is 5.73 Å². The van der Waals surface area contributed by atoms with Crippen LogP contribution in [0.15, 0.2) is 36.4 Å². The lowest BCUT2D eigenvalue weighted by Crippen LogP contribution is -2.14. The molecule has 2 aromatic rings. The van der Waals surface area contributed by atoms with E-state index >= 15 is 0 Å². The molecule has 0 heterocycles. The van der Waals surface area contributed by atoms with E-state index in [2.05, 4.69) is 36.4 Å². The maximum absolute atomic E-state index is 10.6. The Morgan fingerprint density at radius 1 is 1.16 bits per heavy atom. The van der Waals surface area contributed by atoms with Gasteiger partial charge in [-0.15, -0.1) is 0 Å². The molecular formula is C16H17NO2. The van der Waals surface area contributed by atoms with Gasteiger partial charge in [0.05, 0.1) is 6.61 Å². The van der Waals surface area contributed by atoms with Gasteiger partial charge in [-0.05, 0) is 40.7 Å². The molecule has 3 rings (SSSR count). The highest BCUT2D eigenvalue weighted by Gasteiger charge is 2.25. The van der Waals surface area contributed by atoms with Crippen LogP contribution in [0.4, 0.5) is 4.79 Å². The molecule has 3 heteroatoms. The second kappa shape index (κ2) is 4.92. The Labute approximate surface area is 112 Å². The zero-order chi connectivity index (χ0) is 13.2. The number of fused-ring (bicyclic) bond motifs is 1. The van der Waals surface area contributed by atoms with Gasteiger partial charge in [0, 0.05) is 6.42 Å². The SMILES string of the molecule is NC(=O)OCCc1ccc(C2CC2)c2ccccc12. The number of rotatable bonds is 4. The van der Waals surface area contributed by atoms with Crippen molar-refractivity contribution in [3.63, 3.8) is 0 Å². The first-order valence-electron chi connectivity index (χ1n) is 6.68. The molecule has 0 saturated heterocycles. The van der Waals surface area contributed by atoms with Gasteiger partial charge in [0.2, 0.25) is 0 Å². The Bertz CT molecular complexity index is 617. The third-order valence-electron chi connectivity index (χ3n) is 3.68. The second-order valence-corrected chi connectivity index (χ2v) is 5.05. The Morgan fingerprint density at radius 2 is 1.89 bits per heavy atom. The largest absolute Gasteiger partial charge is 0.449 e. The Morgan fingerprint density at radius 3 is 2.58 bits per heavy atom. The molecule has 1 aliphatic rings. The van der Waals surface area contributed by atoms with Crippen LogP contribution in [-0.2, 0) is 11.2 Å². The van der Waals surface area contributed by atoms with Crippen molar-refractivity contribution in [1.29, 1.82) is 0 Å². The van der Waals surface area contributed by atoms with Crippen LogP contribution in [0.3, 0.4) is 0 Å². The van der Waals surface area contributed by atoms with E-state index in [0.717, 1.165) is 5.92 Å². The molecule has 1 saturated carbocycles. The van der Waals surface area contributed by atoms with E-state index in [4.69, 9.17) is 10.5 Å². The van der Waals surface area contributed by atoms with Crippen LogP contribution in [0.5, 0.6) is 0 Å². The van der Waals surface area contributed by atoms with Crippen molar-refractivity contribution in [1.82, 2.24) is 0 Å². The highest BCUT2D eigenvalue weighted by atomic mass is 16.5. The first-order chi connectivity index (χ1) is 9.25. The Balaban J connectivity index is 1.92. The van der Waals surface area contributed by atoms with Gasteiger partial charge in [-0.1, -0.05) is 36.4 Å². The summed E-state index contributed by atoms with van der Waals surface area (Å²) in [7, 11) is 0. The zero-order valence-electron chi connectivity index (χ0n) is 10.8. The van der Waals surface area contributed by atoms with Crippen molar-refractivity contribution < 1.29 is 9.53 Å². The highest BCUT2D eigenvalue weighted by Crippen LogP contribution is 2.43. The van der Waals surface area contributed by atoms with Gasteiger partial charge in [-0.25, -0.2) is 4.79 Å². The summed E-state index contributed by atoms with van der Waals surface area (Å²) in [6.45, 7) is 0.335. The van der Waals surface area contributed by atoms with Gasteiger partial charge in [-0.3, -0.25) is 0 Å². The highest BCUT2D eigenvalue weighted by molar-refractivity contribution is 5.89. The first-order valence-corrected chi connectivity index (χ1v) is 6.68. The smallest absolute Gasteiger partial charge is 0.404 e. The van der Waals surface area contributed by atoms with Crippen molar-refractivity contribution in [2.45, 2.75) is 25.2 Å². The van der Waals surface area contributed by atoms with E-state index in [0.29, 0.717) is 13.0 Å². The van der Waals surface area contributed by atoms with Crippen LogP contribution in [0.2, 0.25) is 0 Å². The van der Waals surface area contributed by atoms with Gasteiger partial charge in [0.1, 0.15) is 0 Å². The maximum Gasteiger partial charge on any atom is 0.404 e. The predicted octanol–water partition coefficient (Wildman–Crippen LogP) is 3.36. The maximum atomic E-state index is 10.6. The minimum Gasteiger partial charge on any atom is -0.449 e. The van der Waals surface area contributed by atoms with Crippen molar-refractivity contribution in [3.05, 3.63) is 47.5 Å². The van der Waals surface area contributed by atoms with Gasteiger partial charge in [0.15, 0.2) is 0 Å². The topological polar surface area (TPSA) is 52.3 Å². The summed E-state index contributed by atoms with van der Waals surface area (Å²) in [4.78, 5) is 10.6. The van der Waals surface area contributed by atoms with Crippen LogP contribution in [0.1, 0.15) is 29.9 Å². The monoisotopic (exact) mass is 255 g/mol. The summed E-state index contributed by atoms with van der Waals surface area (Å²) in [6, 6.07) is 12.8. The summed E-state index contributed by atoms with van der Waals surface area (Å²) >= 11 is 0. The normalized spacial score (nSPS) is 14.5. The fourth-order valence-electron chi connectivity index (χ4n) is 2.61. The molecule has 1 aliphatic carbocycles. The molecular weight excluding hydrogens is 238 g/mol. The second-order valence-electron chi connectivity index (χ2n) is 5.05. The lowest BCUT2D eigenvalue weighted by molar-refractivity contribution is 0.158. The molecule has 0 aromatic heterocycles. The molecule has 0 aliphatic heterocycles. The molecule has 0 atom stereocenters. The quantitative estimate of drug-likeness (QED) is 0.910. The number of nitrogens with two attached hydrogens (primary N) is 1. The average molecular weight is 255 g/mol. The molecule has 1 fully saturated rings. The standard InChI is InChI=1S/C16H17NO2/c17-16(18)19-10-9-12-7-8-14(11-5-6-11)15-4-2-1-3-13(12)15/h1-4,7-8,11H,5-6,9-10H2,(H2,17,18). The first kappa shape index (κ1) is 12.0. The minimum atomic E-state index is -0.709. The molecule has 0 bridgehead atoms. The average Bonchev–Trinajstić information content (AvgIpc) is 3.23. The fourth-order valence-corrected chi connectivity index (χ4v) is 2.61. The number of ether oxygens (including phenoxy) is 1. The predicted molar refractivity (Wildman–Crippen MR) is 75.2 cm³/mol. The number of carbonyl (C=O) groups is 1. The molecule has 3 nitrogen and oxygen atoms in total. The molecule has 0 spiro atoms. The number of amides is 1. The van der Waals surface area contributed by atoms with Crippen LogP contribution in [-0.4, -0.2) is 12.7 Å². The van der Waals surface area contributed by atoms with E-state index in [9.17, 15) is 4.79 Å². The summed E-state index contributed by atoms with van der Waals surface area (Å²) < 4.78 is 4.82. The van der Waals surface area contributed by atoms with E-state index in [1.165, 1.54) is 34.7 Å². The van der Waals surface area contributed by atoms with Crippen LogP contribution in [0, 0.1) is 0 Å². The Kier molecular flexibility index (Phi) is 3.11. The fraction of sp³-hybridized carbons (Fsp3) is 0.312. The molecule has 2 aromatic carbocycles. The summed E-state index contributed by atoms with van der Waals surface area (Å²) in [5.74, 6) is 0.737. The molecule has 0 radical (unpaired) electrons. The number of primary amides is 1. The van der Waals surface area contributed by atoms with Gasteiger partial charge in [-0.2, -0.15) is 0 Å². The lowest BCUT2D eigenvalue weighted by atomic mass is 9.96. The van der Waals surface area contributed by atoms with E-state index < -0.39 is 6.09 Å². The van der Waals surface area contributed by atoms with Gasteiger partial charge in [0.25, 0.3) is 0 Å².